The average molecular weight is 477 g/mol. The van der Waals surface area contributed by atoms with Gasteiger partial charge in [0.2, 0.25) is 0 Å². The third kappa shape index (κ3) is 5.49. The van der Waals surface area contributed by atoms with E-state index in [0.717, 1.165) is 29.1 Å². The van der Waals surface area contributed by atoms with Crippen LogP contribution in [0.4, 0.5) is 10.1 Å². The Balaban J connectivity index is 1.61. The molecule has 170 valence electrons. The zero-order valence-electron chi connectivity index (χ0n) is 18.5. The number of benzene rings is 2. The molecule has 0 radical (unpaired) electrons. The van der Waals surface area contributed by atoms with Crippen LogP contribution in [0.5, 0.6) is 11.5 Å². The number of hydrogen-bond donors (Lipinski definition) is 2. The maximum Gasteiger partial charge on any atom is 0.170 e. The lowest BCUT2D eigenvalue weighted by molar-refractivity contribution is 0.354. The van der Waals surface area contributed by atoms with E-state index in [1.54, 1.807) is 31.0 Å². The highest BCUT2D eigenvalue weighted by Gasteiger charge is 2.16. The van der Waals surface area contributed by atoms with Crippen molar-refractivity contribution in [3.05, 3.63) is 69.8 Å². The second kappa shape index (κ2) is 10.7. The van der Waals surface area contributed by atoms with E-state index in [9.17, 15) is 4.39 Å². The highest BCUT2D eigenvalue weighted by molar-refractivity contribution is 7.80. The SMILES string of the molecule is COc1ccc(CCNC(=S)Nc2c(C)nn(Cc3c(F)cccc3Cl)c2C)cc1OC. The summed E-state index contributed by atoms with van der Waals surface area (Å²) in [7, 11) is 3.23. The molecular weight excluding hydrogens is 451 g/mol. The zero-order chi connectivity index (χ0) is 23.3. The summed E-state index contributed by atoms with van der Waals surface area (Å²) in [4.78, 5) is 0. The minimum absolute atomic E-state index is 0.235. The molecular formula is C23H26ClFN4O2S. The summed E-state index contributed by atoms with van der Waals surface area (Å²) in [6, 6.07) is 10.5. The Kier molecular flexibility index (Phi) is 7.93. The Morgan fingerprint density at radius 2 is 1.91 bits per heavy atom. The van der Waals surface area contributed by atoms with Gasteiger partial charge in [-0.15, -0.1) is 0 Å². The average Bonchev–Trinajstić information content (AvgIpc) is 3.03. The van der Waals surface area contributed by atoms with Crippen molar-refractivity contribution in [2.45, 2.75) is 26.8 Å². The Bertz CT molecular complexity index is 1100. The van der Waals surface area contributed by atoms with Gasteiger partial charge in [-0.25, -0.2) is 4.39 Å². The quantitative estimate of drug-likeness (QED) is 0.451. The van der Waals surface area contributed by atoms with Gasteiger partial charge in [-0.2, -0.15) is 5.10 Å². The van der Waals surface area contributed by atoms with E-state index in [0.29, 0.717) is 33.7 Å². The lowest BCUT2D eigenvalue weighted by Gasteiger charge is -2.13. The summed E-state index contributed by atoms with van der Waals surface area (Å²) >= 11 is 11.6. The predicted molar refractivity (Wildman–Crippen MR) is 130 cm³/mol. The lowest BCUT2D eigenvalue weighted by Crippen LogP contribution is -2.30. The van der Waals surface area contributed by atoms with E-state index in [-0.39, 0.29) is 12.4 Å². The Morgan fingerprint density at radius 1 is 1.16 bits per heavy atom. The smallest absolute Gasteiger partial charge is 0.170 e. The number of nitrogens with one attached hydrogen (secondary N) is 2. The Morgan fingerprint density at radius 3 is 2.59 bits per heavy atom. The van der Waals surface area contributed by atoms with Gasteiger partial charge in [0.1, 0.15) is 5.82 Å². The maximum absolute atomic E-state index is 14.2. The molecule has 0 aliphatic carbocycles. The molecule has 0 aliphatic rings. The van der Waals surface area contributed by atoms with Gasteiger partial charge < -0.3 is 20.1 Å². The zero-order valence-corrected chi connectivity index (χ0v) is 20.0. The fourth-order valence-electron chi connectivity index (χ4n) is 3.38. The molecule has 0 amide bonds. The van der Waals surface area contributed by atoms with Gasteiger partial charge in [0.15, 0.2) is 16.6 Å². The molecule has 0 spiro atoms. The van der Waals surface area contributed by atoms with Crippen molar-refractivity contribution in [3.8, 4) is 11.5 Å². The first-order chi connectivity index (χ1) is 15.3. The van der Waals surface area contributed by atoms with Gasteiger partial charge in [-0.3, -0.25) is 4.68 Å². The van der Waals surface area contributed by atoms with E-state index in [1.165, 1.54) is 6.07 Å². The molecule has 2 N–H and O–H groups in total. The van der Waals surface area contributed by atoms with Crippen LogP contribution < -0.4 is 20.1 Å². The van der Waals surface area contributed by atoms with Crippen molar-refractivity contribution in [2.75, 3.05) is 26.1 Å². The molecule has 0 aliphatic heterocycles. The number of anilines is 1. The highest BCUT2D eigenvalue weighted by atomic mass is 35.5. The predicted octanol–water partition coefficient (Wildman–Crippen LogP) is 4.89. The number of aryl methyl sites for hydroxylation is 1. The van der Waals surface area contributed by atoms with Crippen molar-refractivity contribution in [3.63, 3.8) is 0 Å². The van der Waals surface area contributed by atoms with Crippen LogP contribution in [-0.4, -0.2) is 35.7 Å². The number of rotatable bonds is 8. The second-order valence-corrected chi connectivity index (χ2v) is 8.04. The van der Waals surface area contributed by atoms with Crippen LogP contribution >= 0.6 is 23.8 Å². The molecule has 0 bridgehead atoms. The molecule has 3 aromatic rings. The molecule has 0 fully saturated rings. The van der Waals surface area contributed by atoms with Crippen LogP contribution in [0.25, 0.3) is 0 Å². The normalized spacial score (nSPS) is 10.7. The standard InChI is InChI=1S/C23H26ClFN4O2S/c1-14-22(15(2)29(28-14)13-17-18(24)6-5-7-19(17)25)27-23(32)26-11-10-16-8-9-20(30-3)21(12-16)31-4/h5-9,12H,10-11,13H2,1-4H3,(H2,26,27,32). The van der Waals surface area contributed by atoms with E-state index >= 15 is 0 Å². The third-order valence-corrected chi connectivity index (χ3v) is 5.74. The van der Waals surface area contributed by atoms with Crippen LogP contribution in [0.2, 0.25) is 5.02 Å². The lowest BCUT2D eigenvalue weighted by atomic mass is 10.1. The molecule has 2 aromatic carbocycles. The van der Waals surface area contributed by atoms with E-state index in [1.807, 2.05) is 32.0 Å². The molecule has 0 saturated heterocycles. The number of hydrogen-bond acceptors (Lipinski definition) is 4. The summed E-state index contributed by atoms with van der Waals surface area (Å²) in [5.41, 5.74) is 3.90. The summed E-state index contributed by atoms with van der Waals surface area (Å²) in [6.07, 6.45) is 0.755. The summed E-state index contributed by atoms with van der Waals surface area (Å²) in [5.74, 6) is 1.03. The van der Waals surface area contributed by atoms with Crippen molar-refractivity contribution in [2.24, 2.45) is 0 Å². The van der Waals surface area contributed by atoms with E-state index in [2.05, 4.69) is 15.7 Å². The van der Waals surface area contributed by atoms with Gasteiger partial charge >= 0.3 is 0 Å². The number of nitrogens with zero attached hydrogens (tertiary/aromatic N) is 2. The molecule has 1 heterocycles. The monoisotopic (exact) mass is 476 g/mol. The number of aromatic nitrogens is 2. The molecule has 0 atom stereocenters. The van der Waals surface area contributed by atoms with Gasteiger partial charge in [-0.1, -0.05) is 23.7 Å². The first-order valence-corrected chi connectivity index (χ1v) is 10.8. The molecule has 9 heteroatoms. The summed E-state index contributed by atoms with van der Waals surface area (Å²) in [6.45, 7) is 4.65. The van der Waals surface area contributed by atoms with Gasteiger partial charge in [0.25, 0.3) is 0 Å². The third-order valence-electron chi connectivity index (χ3n) is 5.14. The topological polar surface area (TPSA) is 60.3 Å². The van der Waals surface area contributed by atoms with Gasteiger partial charge in [0.05, 0.1) is 37.8 Å². The molecule has 0 saturated carbocycles. The van der Waals surface area contributed by atoms with Crippen molar-refractivity contribution in [1.29, 1.82) is 0 Å². The van der Waals surface area contributed by atoms with E-state index < -0.39 is 0 Å². The molecule has 1 aromatic heterocycles. The summed E-state index contributed by atoms with van der Waals surface area (Å²) < 4.78 is 26.5. The highest BCUT2D eigenvalue weighted by Crippen LogP contribution is 2.28. The molecule has 0 unspecified atom stereocenters. The first kappa shape index (κ1) is 23.8. The minimum atomic E-state index is -0.355. The number of methoxy groups -OCH3 is 2. The first-order valence-electron chi connectivity index (χ1n) is 10.1. The summed E-state index contributed by atoms with van der Waals surface area (Å²) in [5, 5.41) is 11.8. The number of halogens is 2. The fraction of sp³-hybridized carbons (Fsp3) is 0.304. The van der Waals surface area contributed by atoms with Crippen LogP contribution in [0.1, 0.15) is 22.5 Å². The maximum atomic E-state index is 14.2. The molecule has 6 nitrogen and oxygen atoms in total. The van der Waals surface area contributed by atoms with Gasteiger partial charge in [0, 0.05) is 17.1 Å². The van der Waals surface area contributed by atoms with Crippen LogP contribution in [0, 0.1) is 19.7 Å². The van der Waals surface area contributed by atoms with Crippen LogP contribution in [0.3, 0.4) is 0 Å². The van der Waals surface area contributed by atoms with Crippen LogP contribution in [-0.2, 0) is 13.0 Å². The van der Waals surface area contributed by atoms with Gasteiger partial charge in [-0.05, 0) is 62.3 Å². The van der Waals surface area contributed by atoms with Crippen molar-refractivity contribution in [1.82, 2.24) is 15.1 Å². The fourth-order valence-corrected chi connectivity index (χ4v) is 3.81. The number of ether oxygens (including phenoxy) is 2. The van der Waals surface area contributed by atoms with E-state index in [4.69, 9.17) is 33.3 Å². The van der Waals surface area contributed by atoms with Crippen molar-refractivity contribution >= 4 is 34.6 Å². The molecule has 32 heavy (non-hydrogen) atoms. The Labute approximate surface area is 197 Å². The Hall–Kier alpha value is -2.84. The minimum Gasteiger partial charge on any atom is -0.493 e. The molecule has 3 rings (SSSR count). The van der Waals surface area contributed by atoms with Crippen molar-refractivity contribution < 1.29 is 13.9 Å². The largest absolute Gasteiger partial charge is 0.493 e. The second-order valence-electron chi connectivity index (χ2n) is 7.22. The number of thiocarbonyl (C=S) groups is 1. The van der Waals surface area contributed by atoms with Crippen LogP contribution in [0.15, 0.2) is 36.4 Å².